The van der Waals surface area contributed by atoms with E-state index in [9.17, 15) is 4.79 Å². The molecule has 3 rings (SSSR count). The maximum Gasteiger partial charge on any atom is 0.236 e. The summed E-state index contributed by atoms with van der Waals surface area (Å²) in [6, 6.07) is 0. The molecule has 5 nitrogen and oxygen atoms in total. The summed E-state index contributed by atoms with van der Waals surface area (Å²) < 4.78 is 5.81. The molecule has 2 saturated heterocycles. The zero-order valence-electron chi connectivity index (χ0n) is 16.3. The number of carbonyl (C=O) groups excluding carboxylic acids is 1. The molecule has 0 radical (unpaired) electrons. The van der Waals surface area contributed by atoms with E-state index >= 15 is 0 Å². The number of ether oxygens (including phenoxy) is 1. The summed E-state index contributed by atoms with van der Waals surface area (Å²) in [5.74, 6) is 1.92. The van der Waals surface area contributed by atoms with Crippen LogP contribution >= 0.6 is 24.8 Å². The second-order valence-electron chi connectivity index (χ2n) is 8.20. The Morgan fingerprint density at radius 2 is 1.62 bits per heavy atom. The Morgan fingerprint density at radius 3 is 2.19 bits per heavy atom. The molecule has 3 fully saturated rings. The Balaban J connectivity index is 0.00000169. The zero-order chi connectivity index (χ0) is 16.9. The lowest BCUT2D eigenvalue weighted by Crippen LogP contribution is -2.46. The first kappa shape index (κ1) is 24.0. The van der Waals surface area contributed by atoms with E-state index in [1.165, 1.54) is 38.6 Å². The standard InChI is InChI=1S/C19H35N3O2.2ClH/c1-15-13-21(14-16(2)24-15)8-5-17-6-9-22(10-7-17)19(23)12-20-11-18-3-4-18;;/h15-18,20H,3-14H2,1-2H3;2*1H. The van der Waals surface area contributed by atoms with E-state index in [1.54, 1.807) is 0 Å². The molecule has 0 aromatic carbocycles. The van der Waals surface area contributed by atoms with Gasteiger partial charge in [-0.15, -0.1) is 24.8 Å². The zero-order valence-corrected chi connectivity index (χ0v) is 18.0. The molecule has 1 amide bonds. The first-order chi connectivity index (χ1) is 11.6. The summed E-state index contributed by atoms with van der Waals surface area (Å²) in [7, 11) is 0. The highest BCUT2D eigenvalue weighted by Crippen LogP contribution is 2.27. The van der Waals surface area contributed by atoms with E-state index in [-0.39, 0.29) is 24.8 Å². The van der Waals surface area contributed by atoms with Crippen molar-refractivity contribution < 1.29 is 9.53 Å². The number of likely N-dealkylation sites (tertiary alicyclic amines) is 1. The SMILES string of the molecule is CC1CN(CCC2CCN(C(=O)CNCC3CC3)CC2)CC(C)O1.Cl.Cl. The molecule has 2 unspecified atom stereocenters. The van der Waals surface area contributed by atoms with Crippen molar-refractivity contribution in [2.75, 3.05) is 45.8 Å². The summed E-state index contributed by atoms with van der Waals surface area (Å²) in [6.45, 7) is 11.1. The van der Waals surface area contributed by atoms with Gasteiger partial charge in [0, 0.05) is 26.2 Å². The van der Waals surface area contributed by atoms with Crippen molar-refractivity contribution in [2.24, 2.45) is 11.8 Å². The molecule has 0 aromatic heterocycles. The van der Waals surface area contributed by atoms with Gasteiger partial charge in [-0.1, -0.05) is 0 Å². The molecular weight excluding hydrogens is 373 g/mol. The van der Waals surface area contributed by atoms with Crippen LogP contribution in [-0.2, 0) is 9.53 Å². The number of hydrogen-bond acceptors (Lipinski definition) is 4. The maximum absolute atomic E-state index is 12.2. The van der Waals surface area contributed by atoms with E-state index in [4.69, 9.17) is 4.74 Å². The van der Waals surface area contributed by atoms with Gasteiger partial charge in [0.1, 0.15) is 0 Å². The Hall–Kier alpha value is -0.0700. The van der Waals surface area contributed by atoms with Gasteiger partial charge in [0.15, 0.2) is 0 Å². The predicted molar refractivity (Wildman–Crippen MR) is 110 cm³/mol. The first-order valence-corrected chi connectivity index (χ1v) is 9.96. The van der Waals surface area contributed by atoms with Crippen LogP contribution < -0.4 is 5.32 Å². The average molecular weight is 410 g/mol. The van der Waals surface area contributed by atoms with Gasteiger partial charge in [0.2, 0.25) is 5.91 Å². The Morgan fingerprint density at radius 1 is 1.00 bits per heavy atom. The highest BCUT2D eigenvalue weighted by atomic mass is 35.5. The van der Waals surface area contributed by atoms with Crippen LogP contribution in [0.2, 0.25) is 0 Å². The normalized spacial score (nSPS) is 27.5. The molecule has 1 aliphatic carbocycles. The number of carbonyl (C=O) groups is 1. The van der Waals surface area contributed by atoms with Crippen LogP contribution in [0.5, 0.6) is 0 Å². The molecule has 0 bridgehead atoms. The van der Waals surface area contributed by atoms with Crippen molar-refractivity contribution >= 4 is 30.7 Å². The molecule has 1 saturated carbocycles. The molecule has 26 heavy (non-hydrogen) atoms. The van der Waals surface area contributed by atoms with Gasteiger partial charge in [-0.3, -0.25) is 9.69 Å². The van der Waals surface area contributed by atoms with Crippen molar-refractivity contribution in [3.8, 4) is 0 Å². The molecule has 2 atom stereocenters. The van der Waals surface area contributed by atoms with Crippen molar-refractivity contribution in [3.05, 3.63) is 0 Å². The minimum absolute atomic E-state index is 0. The molecule has 2 heterocycles. The lowest BCUT2D eigenvalue weighted by atomic mass is 9.93. The number of nitrogens with zero attached hydrogens (tertiary/aromatic N) is 2. The van der Waals surface area contributed by atoms with Gasteiger partial charge in [0.05, 0.1) is 18.8 Å². The second kappa shape index (κ2) is 11.7. The van der Waals surface area contributed by atoms with Crippen molar-refractivity contribution in [3.63, 3.8) is 0 Å². The monoisotopic (exact) mass is 409 g/mol. The third-order valence-corrected chi connectivity index (χ3v) is 5.72. The summed E-state index contributed by atoms with van der Waals surface area (Å²) >= 11 is 0. The first-order valence-electron chi connectivity index (χ1n) is 9.96. The van der Waals surface area contributed by atoms with E-state index in [0.717, 1.165) is 44.6 Å². The maximum atomic E-state index is 12.2. The summed E-state index contributed by atoms with van der Waals surface area (Å²) in [6.07, 6.45) is 7.00. The van der Waals surface area contributed by atoms with Gasteiger partial charge in [-0.25, -0.2) is 0 Å². The van der Waals surface area contributed by atoms with Crippen molar-refractivity contribution in [1.29, 1.82) is 0 Å². The van der Waals surface area contributed by atoms with Crippen LogP contribution in [0.4, 0.5) is 0 Å². The minimum atomic E-state index is 0. The van der Waals surface area contributed by atoms with Gasteiger partial charge in [0.25, 0.3) is 0 Å². The van der Waals surface area contributed by atoms with Crippen LogP contribution in [0.15, 0.2) is 0 Å². The molecule has 2 aliphatic heterocycles. The van der Waals surface area contributed by atoms with Crippen LogP contribution in [0, 0.1) is 11.8 Å². The topological polar surface area (TPSA) is 44.8 Å². The Labute approximate surface area is 171 Å². The van der Waals surface area contributed by atoms with Gasteiger partial charge >= 0.3 is 0 Å². The second-order valence-corrected chi connectivity index (χ2v) is 8.20. The molecule has 0 aromatic rings. The predicted octanol–water partition coefficient (Wildman–Crippen LogP) is 2.57. The summed E-state index contributed by atoms with van der Waals surface area (Å²) in [4.78, 5) is 16.8. The van der Waals surface area contributed by atoms with Gasteiger partial charge in [-0.2, -0.15) is 0 Å². The molecular formula is C19H37Cl2N3O2. The van der Waals surface area contributed by atoms with Crippen molar-refractivity contribution in [2.45, 2.75) is 58.2 Å². The van der Waals surface area contributed by atoms with Crippen LogP contribution in [-0.4, -0.2) is 73.7 Å². The molecule has 7 heteroatoms. The molecule has 0 spiro atoms. The van der Waals surface area contributed by atoms with Gasteiger partial charge < -0.3 is 15.0 Å². The summed E-state index contributed by atoms with van der Waals surface area (Å²) in [5, 5.41) is 3.32. The third-order valence-electron chi connectivity index (χ3n) is 5.72. The molecule has 1 N–H and O–H groups in total. The van der Waals surface area contributed by atoms with Gasteiger partial charge in [-0.05, 0) is 70.9 Å². The summed E-state index contributed by atoms with van der Waals surface area (Å²) in [5.41, 5.74) is 0. The number of piperidine rings is 1. The van der Waals surface area contributed by atoms with Crippen LogP contribution in [0.25, 0.3) is 0 Å². The number of morpholine rings is 1. The lowest BCUT2D eigenvalue weighted by Gasteiger charge is -2.37. The number of nitrogens with one attached hydrogen (secondary N) is 1. The minimum Gasteiger partial charge on any atom is -0.373 e. The number of halogens is 2. The van der Waals surface area contributed by atoms with E-state index in [0.29, 0.717) is 24.7 Å². The average Bonchev–Trinajstić information content (AvgIpc) is 3.37. The van der Waals surface area contributed by atoms with E-state index in [2.05, 4.69) is 29.0 Å². The molecule has 3 aliphatic rings. The Bertz CT molecular complexity index is 406. The van der Waals surface area contributed by atoms with E-state index in [1.807, 2.05) is 0 Å². The highest BCUT2D eigenvalue weighted by Gasteiger charge is 2.26. The smallest absolute Gasteiger partial charge is 0.236 e. The Kier molecular flexibility index (Phi) is 10.8. The third kappa shape index (κ3) is 7.89. The largest absolute Gasteiger partial charge is 0.373 e. The highest BCUT2D eigenvalue weighted by molar-refractivity contribution is 5.85. The number of amides is 1. The fourth-order valence-corrected chi connectivity index (χ4v) is 4.12. The fraction of sp³-hybridized carbons (Fsp3) is 0.947. The number of hydrogen-bond donors (Lipinski definition) is 1. The van der Waals surface area contributed by atoms with E-state index < -0.39 is 0 Å². The van der Waals surface area contributed by atoms with Crippen LogP contribution in [0.3, 0.4) is 0 Å². The van der Waals surface area contributed by atoms with Crippen LogP contribution in [0.1, 0.15) is 46.0 Å². The lowest BCUT2D eigenvalue weighted by molar-refractivity contribution is -0.131. The quantitative estimate of drug-likeness (QED) is 0.701. The van der Waals surface area contributed by atoms with Crippen molar-refractivity contribution in [1.82, 2.24) is 15.1 Å². The fourth-order valence-electron chi connectivity index (χ4n) is 4.12. The number of rotatable bonds is 7. The molecule has 154 valence electrons.